The maximum absolute atomic E-state index is 12.2. The van der Waals surface area contributed by atoms with E-state index in [4.69, 9.17) is 9.47 Å². The number of carbonyl (C=O) groups excluding carboxylic acids is 1. The van der Waals surface area contributed by atoms with E-state index in [1.807, 2.05) is 0 Å². The number of aliphatic carboxylic acids is 1. The Kier molecular flexibility index (Phi) is 3.20. The summed E-state index contributed by atoms with van der Waals surface area (Å²) in [6, 6.07) is -0.747. The maximum Gasteiger partial charge on any atom is 0.411 e. The number of hydrogen-bond donors (Lipinski definition) is 1. The van der Waals surface area contributed by atoms with Crippen LogP contribution in [0.5, 0.6) is 0 Å². The molecule has 1 spiro atoms. The number of carboxylic acid groups (broad SMARTS) is 1. The van der Waals surface area contributed by atoms with Crippen molar-refractivity contribution in [3.8, 4) is 0 Å². The molecule has 2 aliphatic heterocycles. The number of amides is 1. The molecule has 118 valence electrons. The highest BCUT2D eigenvalue weighted by atomic mass is 16.6. The van der Waals surface area contributed by atoms with E-state index in [0.717, 1.165) is 12.8 Å². The van der Waals surface area contributed by atoms with Gasteiger partial charge in [-0.25, -0.2) is 9.59 Å². The molecule has 0 aromatic carbocycles. The third-order valence-electron chi connectivity index (χ3n) is 5.10. The third kappa shape index (κ3) is 2.29. The van der Waals surface area contributed by atoms with Crippen molar-refractivity contribution in [1.29, 1.82) is 0 Å². The molecule has 0 radical (unpaired) electrons. The topological polar surface area (TPSA) is 76.1 Å². The minimum absolute atomic E-state index is 0.0615. The third-order valence-corrected chi connectivity index (χ3v) is 5.10. The van der Waals surface area contributed by atoms with Gasteiger partial charge in [0.05, 0.1) is 0 Å². The highest BCUT2D eigenvalue weighted by Gasteiger charge is 2.74. The number of carbonyl (C=O) groups is 2. The summed E-state index contributed by atoms with van der Waals surface area (Å²) in [5.41, 5.74) is -0.525. The predicted molar refractivity (Wildman–Crippen MR) is 73.8 cm³/mol. The first-order chi connectivity index (χ1) is 9.76. The fourth-order valence-corrected chi connectivity index (χ4v) is 4.21. The molecular weight excluding hydrogens is 274 g/mol. The maximum atomic E-state index is 12.2. The van der Waals surface area contributed by atoms with Gasteiger partial charge in [-0.15, -0.1) is 0 Å². The van der Waals surface area contributed by atoms with Crippen molar-refractivity contribution in [2.75, 3.05) is 19.8 Å². The van der Waals surface area contributed by atoms with Crippen LogP contribution in [0.2, 0.25) is 0 Å². The molecule has 2 saturated heterocycles. The highest BCUT2D eigenvalue weighted by molar-refractivity contribution is 5.82. The number of carboxylic acids is 1. The van der Waals surface area contributed by atoms with Crippen molar-refractivity contribution in [2.24, 2.45) is 17.3 Å². The summed E-state index contributed by atoms with van der Waals surface area (Å²) >= 11 is 0. The van der Waals surface area contributed by atoms with Gasteiger partial charge in [0.2, 0.25) is 0 Å². The lowest BCUT2D eigenvalue weighted by Gasteiger charge is -2.34. The quantitative estimate of drug-likeness (QED) is 0.797. The standard InChI is InChI=1S/C15H23NO5/c1-14(2,3)21-13(19)16-8-9-10(11(16)12(17)18)15(9)4-6-20-7-5-15/h9-11H,4-8H2,1-3H3,(H,17,18)/t9-,10-,11-/m0/s1. The van der Waals surface area contributed by atoms with E-state index in [1.165, 1.54) is 4.90 Å². The van der Waals surface area contributed by atoms with Gasteiger partial charge in [0.15, 0.2) is 0 Å². The van der Waals surface area contributed by atoms with Crippen LogP contribution in [0.1, 0.15) is 33.6 Å². The fraction of sp³-hybridized carbons (Fsp3) is 0.867. The number of piperidine rings is 1. The van der Waals surface area contributed by atoms with Crippen molar-refractivity contribution < 1.29 is 24.2 Å². The van der Waals surface area contributed by atoms with Crippen LogP contribution in [0.25, 0.3) is 0 Å². The zero-order chi connectivity index (χ0) is 15.4. The van der Waals surface area contributed by atoms with Crippen LogP contribution in [0, 0.1) is 17.3 Å². The molecule has 3 aliphatic rings. The monoisotopic (exact) mass is 297 g/mol. The summed E-state index contributed by atoms with van der Waals surface area (Å²) in [6.07, 6.45) is 1.31. The van der Waals surface area contributed by atoms with Gasteiger partial charge >= 0.3 is 12.1 Å². The number of hydrogen-bond acceptors (Lipinski definition) is 4. The smallest absolute Gasteiger partial charge is 0.411 e. The van der Waals surface area contributed by atoms with Crippen LogP contribution in [0.4, 0.5) is 4.79 Å². The summed E-state index contributed by atoms with van der Waals surface area (Å²) < 4.78 is 10.7. The van der Waals surface area contributed by atoms with E-state index in [-0.39, 0.29) is 17.3 Å². The Morgan fingerprint density at radius 3 is 2.43 bits per heavy atom. The second-order valence-corrected chi connectivity index (χ2v) is 7.39. The number of likely N-dealkylation sites (tertiary alicyclic amines) is 1. The molecule has 3 rings (SSSR count). The van der Waals surface area contributed by atoms with Crippen LogP contribution >= 0.6 is 0 Å². The lowest BCUT2D eigenvalue weighted by atomic mass is 9.88. The van der Waals surface area contributed by atoms with Crippen LogP contribution in [0.15, 0.2) is 0 Å². The molecule has 0 unspecified atom stereocenters. The first-order valence-corrected chi connectivity index (χ1v) is 7.56. The van der Waals surface area contributed by atoms with E-state index >= 15 is 0 Å². The number of nitrogens with zero attached hydrogens (tertiary/aromatic N) is 1. The van der Waals surface area contributed by atoms with Crippen molar-refractivity contribution in [3.63, 3.8) is 0 Å². The van der Waals surface area contributed by atoms with E-state index in [9.17, 15) is 14.7 Å². The summed E-state index contributed by atoms with van der Waals surface area (Å²) in [5.74, 6) is -0.571. The molecule has 1 aliphatic carbocycles. The molecule has 3 fully saturated rings. The first-order valence-electron chi connectivity index (χ1n) is 7.56. The van der Waals surface area contributed by atoms with Gasteiger partial charge in [0, 0.05) is 25.7 Å². The predicted octanol–water partition coefficient (Wildman–Crippen LogP) is 1.73. The summed E-state index contributed by atoms with van der Waals surface area (Å²) in [7, 11) is 0. The molecule has 1 saturated carbocycles. The van der Waals surface area contributed by atoms with Crippen molar-refractivity contribution in [3.05, 3.63) is 0 Å². The molecule has 6 heteroatoms. The van der Waals surface area contributed by atoms with E-state index < -0.39 is 23.7 Å². The van der Waals surface area contributed by atoms with Gasteiger partial charge in [-0.3, -0.25) is 4.90 Å². The average Bonchev–Trinajstić information content (AvgIpc) is 2.80. The SMILES string of the molecule is CC(C)(C)OC(=O)N1C[C@H]2[C@@H]([C@H]1C(=O)O)C21CCOCC1. The highest BCUT2D eigenvalue weighted by Crippen LogP contribution is 2.69. The summed E-state index contributed by atoms with van der Waals surface area (Å²) in [4.78, 5) is 25.3. The Balaban J connectivity index is 1.75. The summed E-state index contributed by atoms with van der Waals surface area (Å²) in [6.45, 7) is 7.26. The second kappa shape index (κ2) is 4.60. The lowest BCUT2D eigenvalue weighted by molar-refractivity contribution is -0.144. The molecule has 1 amide bonds. The van der Waals surface area contributed by atoms with Gasteiger partial charge in [-0.05, 0) is 44.9 Å². The molecule has 6 nitrogen and oxygen atoms in total. The zero-order valence-corrected chi connectivity index (χ0v) is 12.8. The molecule has 0 bridgehead atoms. The Bertz CT molecular complexity index is 463. The largest absolute Gasteiger partial charge is 0.480 e. The molecule has 2 heterocycles. The van der Waals surface area contributed by atoms with E-state index in [2.05, 4.69) is 0 Å². The Hall–Kier alpha value is -1.30. The minimum Gasteiger partial charge on any atom is -0.480 e. The Labute approximate surface area is 124 Å². The van der Waals surface area contributed by atoms with Crippen LogP contribution < -0.4 is 0 Å². The normalized spacial score (nSPS) is 33.7. The van der Waals surface area contributed by atoms with Gasteiger partial charge in [0.25, 0.3) is 0 Å². The molecule has 1 N–H and O–H groups in total. The van der Waals surface area contributed by atoms with E-state index in [0.29, 0.717) is 19.8 Å². The van der Waals surface area contributed by atoms with Crippen LogP contribution in [0.3, 0.4) is 0 Å². The fourth-order valence-electron chi connectivity index (χ4n) is 4.21. The van der Waals surface area contributed by atoms with Gasteiger partial charge in [0.1, 0.15) is 11.6 Å². The number of ether oxygens (including phenoxy) is 2. The first kappa shape index (κ1) is 14.6. The van der Waals surface area contributed by atoms with Gasteiger partial charge in [-0.2, -0.15) is 0 Å². The molecule has 0 aromatic rings. The van der Waals surface area contributed by atoms with Crippen molar-refractivity contribution >= 4 is 12.1 Å². The second-order valence-electron chi connectivity index (χ2n) is 7.39. The zero-order valence-electron chi connectivity index (χ0n) is 12.8. The Morgan fingerprint density at radius 2 is 1.90 bits per heavy atom. The van der Waals surface area contributed by atoms with Crippen molar-refractivity contribution in [2.45, 2.75) is 45.3 Å². The van der Waals surface area contributed by atoms with Crippen molar-refractivity contribution in [1.82, 2.24) is 4.90 Å². The molecule has 3 atom stereocenters. The number of rotatable bonds is 1. The van der Waals surface area contributed by atoms with Gasteiger partial charge < -0.3 is 14.6 Å². The summed E-state index contributed by atoms with van der Waals surface area (Å²) in [5, 5.41) is 9.56. The Morgan fingerprint density at radius 1 is 1.29 bits per heavy atom. The van der Waals surface area contributed by atoms with Crippen LogP contribution in [-0.4, -0.2) is 53.5 Å². The molecule has 21 heavy (non-hydrogen) atoms. The minimum atomic E-state index is -0.920. The molecular formula is C15H23NO5. The van der Waals surface area contributed by atoms with Gasteiger partial charge in [-0.1, -0.05) is 0 Å². The van der Waals surface area contributed by atoms with E-state index in [1.54, 1.807) is 20.8 Å². The lowest BCUT2D eigenvalue weighted by Crippen LogP contribution is -2.48. The molecule has 0 aromatic heterocycles. The number of fused-ring (bicyclic) bond motifs is 3. The van der Waals surface area contributed by atoms with Crippen LogP contribution in [-0.2, 0) is 14.3 Å². The average molecular weight is 297 g/mol.